The quantitative estimate of drug-likeness (QED) is 0.519. The van der Waals surface area contributed by atoms with Gasteiger partial charge in [-0.05, 0) is 37.6 Å². The monoisotopic (exact) mass is 417 g/mol. The number of morpholine rings is 1. The molecule has 2 atom stereocenters. The van der Waals surface area contributed by atoms with Crippen molar-refractivity contribution in [2.45, 2.75) is 38.1 Å². The van der Waals surface area contributed by atoms with Crippen molar-refractivity contribution in [3.63, 3.8) is 0 Å². The predicted octanol–water partition coefficient (Wildman–Crippen LogP) is 4.75. The lowest BCUT2D eigenvalue weighted by atomic mass is 9.92. The van der Waals surface area contributed by atoms with Crippen molar-refractivity contribution in [2.75, 3.05) is 25.1 Å². The minimum absolute atomic E-state index is 0.139. The van der Waals surface area contributed by atoms with E-state index in [9.17, 15) is 4.79 Å². The van der Waals surface area contributed by atoms with Crippen molar-refractivity contribution >= 4 is 23.6 Å². The van der Waals surface area contributed by atoms with E-state index in [1.54, 1.807) is 13.2 Å². The van der Waals surface area contributed by atoms with Crippen LogP contribution in [0.5, 0.6) is 11.5 Å². The number of benzene rings is 2. The zero-order valence-electron chi connectivity index (χ0n) is 18.1. The normalized spacial score (nSPS) is 23.1. The van der Waals surface area contributed by atoms with Crippen molar-refractivity contribution in [3.8, 4) is 11.5 Å². The van der Waals surface area contributed by atoms with Crippen LogP contribution in [0, 0.1) is 0 Å². The molecule has 0 aromatic heterocycles. The number of hydrogen-bond donors (Lipinski definition) is 0. The number of rotatable bonds is 5. The minimum atomic E-state index is -0.512. The highest BCUT2D eigenvalue weighted by atomic mass is 16.5. The van der Waals surface area contributed by atoms with Gasteiger partial charge in [-0.1, -0.05) is 36.4 Å². The number of ether oxygens (including phenoxy) is 3. The van der Waals surface area contributed by atoms with Gasteiger partial charge in [-0.3, -0.25) is 4.79 Å². The second kappa shape index (κ2) is 7.57. The predicted molar refractivity (Wildman–Crippen MR) is 122 cm³/mol. The molecule has 3 fully saturated rings. The minimum Gasteiger partial charge on any atom is -0.496 e. The van der Waals surface area contributed by atoms with Gasteiger partial charge in [-0.15, -0.1) is 0 Å². The molecule has 2 bridgehead atoms. The van der Waals surface area contributed by atoms with Crippen molar-refractivity contribution < 1.29 is 19.0 Å². The van der Waals surface area contributed by atoms with Gasteiger partial charge < -0.3 is 19.1 Å². The first-order valence-electron chi connectivity index (χ1n) is 10.7. The molecular weight excluding hydrogens is 390 g/mol. The summed E-state index contributed by atoms with van der Waals surface area (Å²) >= 11 is 0. The highest BCUT2D eigenvalue weighted by Gasteiger charge is 2.40. The number of carbonyl (C=O) groups excluding carboxylic acids is 1. The molecule has 2 aromatic rings. The molecule has 6 rings (SSSR count). The zero-order chi connectivity index (χ0) is 21.6. The summed E-state index contributed by atoms with van der Waals surface area (Å²) in [7, 11) is 1.60. The maximum Gasteiger partial charge on any atom is 0.193 e. The molecule has 0 spiro atoms. The molecule has 2 unspecified atom stereocenters. The first-order valence-corrected chi connectivity index (χ1v) is 10.7. The molecule has 4 aliphatic rings. The molecule has 5 nitrogen and oxygen atoms in total. The highest BCUT2D eigenvalue weighted by Crippen LogP contribution is 2.46. The van der Waals surface area contributed by atoms with E-state index >= 15 is 0 Å². The maximum atomic E-state index is 13.3. The zero-order valence-corrected chi connectivity index (χ0v) is 18.1. The Bertz CT molecular complexity index is 1050. The Balaban J connectivity index is 1.58. The molecule has 4 heterocycles. The molecule has 4 aliphatic heterocycles. The van der Waals surface area contributed by atoms with Crippen LogP contribution >= 0.6 is 0 Å². The van der Waals surface area contributed by atoms with E-state index in [1.807, 2.05) is 62.4 Å². The first kappa shape index (κ1) is 19.9. The molecule has 0 saturated carbocycles. The van der Waals surface area contributed by atoms with Gasteiger partial charge in [0.25, 0.3) is 0 Å². The topological polar surface area (TPSA) is 48.0 Å². The number of allylic oxidation sites excluding steroid dienone is 1. The average molecular weight is 418 g/mol. The lowest BCUT2D eigenvalue weighted by molar-refractivity contribution is -0.133. The third-order valence-electron chi connectivity index (χ3n) is 6.07. The van der Waals surface area contributed by atoms with E-state index in [0.29, 0.717) is 17.1 Å². The largest absolute Gasteiger partial charge is 0.496 e. The molecule has 3 saturated heterocycles. The van der Waals surface area contributed by atoms with Gasteiger partial charge in [0, 0.05) is 31.1 Å². The fraction of sp³-hybridized carbons (Fsp3) is 0.346. The summed E-state index contributed by atoms with van der Waals surface area (Å²) in [6.07, 6.45) is 9.21. The van der Waals surface area contributed by atoms with Crippen molar-refractivity contribution in [1.29, 1.82) is 0 Å². The summed E-state index contributed by atoms with van der Waals surface area (Å²) in [5.41, 5.74) is 2.87. The molecule has 0 N–H and O–H groups in total. The van der Waals surface area contributed by atoms with E-state index in [4.69, 9.17) is 14.2 Å². The Labute approximate surface area is 182 Å². The lowest BCUT2D eigenvalue weighted by Crippen LogP contribution is -2.57. The Morgan fingerprint density at radius 1 is 1.19 bits per heavy atom. The third kappa shape index (κ3) is 3.74. The van der Waals surface area contributed by atoms with Crippen molar-refractivity contribution in [2.24, 2.45) is 0 Å². The SMILES string of the molecule is COc1cc(N2CC3CC(C2)O3)c2c(c1C(=O)/C=C/c1ccccc1)OC(C)(C)C=C2. The summed E-state index contributed by atoms with van der Waals surface area (Å²) in [6.45, 7) is 5.65. The number of anilines is 1. The Morgan fingerprint density at radius 2 is 1.90 bits per heavy atom. The fourth-order valence-corrected chi connectivity index (χ4v) is 4.51. The van der Waals surface area contributed by atoms with Crippen molar-refractivity contribution in [1.82, 2.24) is 0 Å². The van der Waals surface area contributed by atoms with E-state index in [-0.39, 0.29) is 18.0 Å². The Kier molecular flexibility index (Phi) is 4.86. The number of ketones is 1. The molecule has 2 aromatic carbocycles. The number of methoxy groups -OCH3 is 1. The van der Waals surface area contributed by atoms with Gasteiger partial charge in [0.2, 0.25) is 0 Å². The van der Waals surface area contributed by atoms with Crippen molar-refractivity contribution in [3.05, 3.63) is 65.2 Å². The molecule has 0 amide bonds. The van der Waals surface area contributed by atoms with Gasteiger partial charge >= 0.3 is 0 Å². The second-order valence-electron chi connectivity index (χ2n) is 8.88. The highest BCUT2D eigenvalue weighted by molar-refractivity contribution is 6.12. The van der Waals surface area contributed by atoms with Gasteiger partial charge in [0.15, 0.2) is 5.78 Å². The van der Waals surface area contributed by atoms with Gasteiger partial charge in [0.05, 0.1) is 25.0 Å². The number of piperidine rings is 1. The van der Waals surface area contributed by atoms with Crippen LogP contribution in [0.3, 0.4) is 0 Å². The summed E-state index contributed by atoms with van der Waals surface area (Å²) in [6, 6.07) is 11.8. The van der Waals surface area contributed by atoms with Crippen LogP contribution in [-0.2, 0) is 4.74 Å². The molecule has 160 valence electrons. The van der Waals surface area contributed by atoms with Gasteiger partial charge in [-0.25, -0.2) is 0 Å². The van der Waals surface area contributed by atoms with Crippen LogP contribution in [0.4, 0.5) is 5.69 Å². The Morgan fingerprint density at radius 3 is 2.58 bits per heavy atom. The van der Waals surface area contributed by atoms with E-state index < -0.39 is 5.60 Å². The summed E-state index contributed by atoms with van der Waals surface area (Å²) < 4.78 is 17.9. The van der Waals surface area contributed by atoms with Gasteiger partial charge in [0.1, 0.15) is 22.7 Å². The number of hydrogen-bond acceptors (Lipinski definition) is 5. The average Bonchev–Trinajstić information content (AvgIpc) is 2.76. The van der Waals surface area contributed by atoms with Crippen LogP contribution in [0.1, 0.15) is 41.8 Å². The standard InChI is InChI=1S/C26H27NO4/c1-26(2)12-11-20-21(27-15-18-13-19(16-27)30-18)14-23(29-3)24(25(20)31-26)22(28)10-9-17-7-5-4-6-8-17/h4-12,14,18-19H,13,15-16H2,1-3H3/b10-9+. The van der Waals surface area contributed by atoms with Crippen LogP contribution < -0.4 is 14.4 Å². The lowest BCUT2D eigenvalue weighted by Gasteiger charge is -2.48. The molecule has 5 heteroatoms. The van der Waals surface area contributed by atoms with Crippen LogP contribution in [0.25, 0.3) is 12.2 Å². The molecule has 0 aliphatic carbocycles. The fourth-order valence-electron chi connectivity index (χ4n) is 4.51. The maximum absolute atomic E-state index is 13.3. The summed E-state index contributed by atoms with van der Waals surface area (Å²) in [4.78, 5) is 15.6. The van der Waals surface area contributed by atoms with E-state index in [2.05, 4.69) is 11.0 Å². The number of carbonyl (C=O) groups is 1. The third-order valence-corrected chi connectivity index (χ3v) is 6.07. The Hall–Kier alpha value is -3.05. The second-order valence-corrected chi connectivity index (χ2v) is 8.88. The molecule has 0 radical (unpaired) electrons. The van der Waals surface area contributed by atoms with Gasteiger partial charge in [-0.2, -0.15) is 0 Å². The summed E-state index contributed by atoms with van der Waals surface area (Å²) in [5.74, 6) is 0.979. The smallest absolute Gasteiger partial charge is 0.193 e. The summed E-state index contributed by atoms with van der Waals surface area (Å²) in [5, 5.41) is 0. The number of fused-ring (bicyclic) bond motifs is 3. The first-order chi connectivity index (χ1) is 14.9. The number of nitrogens with zero attached hydrogens (tertiary/aromatic N) is 1. The van der Waals surface area contributed by atoms with E-state index in [0.717, 1.165) is 36.3 Å². The molecule has 31 heavy (non-hydrogen) atoms. The van der Waals surface area contributed by atoms with Crippen LogP contribution in [0.15, 0.2) is 48.6 Å². The van der Waals surface area contributed by atoms with Crippen LogP contribution in [0.2, 0.25) is 0 Å². The molecular formula is C26H27NO4. The van der Waals surface area contributed by atoms with Crippen LogP contribution in [-0.4, -0.2) is 43.8 Å². The van der Waals surface area contributed by atoms with E-state index in [1.165, 1.54) is 0 Å².